The first-order valence-corrected chi connectivity index (χ1v) is 7.70. The van der Waals surface area contributed by atoms with Gasteiger partial charge in [0, 0.05) is 27.1 Å². The van der Waals surface area contributed by atoms with Crippen LogP contribution in [-0.2, 0) is 6.54 Å². The van der Waals surface area contributed by atoms with Gasteiger partial charge in [-0.1, -0.05) is 37.2 Å². The van der Waals surface area contributed by atoms with E-state index in [1.165, 1.54) is 0 Å². The van der Waals surface area contributed by atoms with Crippen molar-refractivity contribution in [3.63, 3.8) is 0 Å². The summed E-state index contributed by atoms with van der Waals surface area (Å²) in [7, 11) is 0. The number of rotatable bonds is 4. The molecule has 0 saturated carbocycles. The van der Waals surface area contributed by atoms with E-state index in [1.807, 2.05) is 18.2 Å². The molecule has 0 fully saturated rings. The van der Waals surface area contributed by atoms with Crippen LogP contribution in [0.4, 0.5) is 0 Å². The zero-order chi connectivity index (χ0) is 14.8. The van der Waals surface area contributed by atoms with Gasteiger partial charge >= 0.3 is 0 Å². The standard InChI is InChI=1S/C16H15N3OS/c1-10(2)21-14-8-12(9-18-20)19-16-13(14)6-5-11-4-3-7-17-15(11)16/h3-8,10H,9H2,1-2H3. The maximum absolute atomic E-state index is 10.6. The molecule has 0 radical (unpaired) electrons. The molecule has 106 valence electrons. The lowest BCUT2D eigenvalue weighted by Crippen LogP contribution is -1.95. The molecule has 0 unspecified atom stereocenters. The molecule has 0 bridgehead atoms. The van der Waals surface area contributed by atoms with Crippen LogP contribution in [-0.4, -0.2) is 15.2 Å². The fourth-order valence-corrected chi connectivity index (χ4v) is 3.35. The van der Waals surface area contributed by atoms with Crippen molar-refractivity contribution in [3.8, 4) is 0 Å². The van der Waals surface area contributed by atoms with Gasteiger partial charge in [-0.25, -0.2) is 4.98 Å². The quantitative estimate of drug-likeness (QED) is 0.403. The predicted molar refractivity (Wildman–Crippen MR) is 87.5 cm³/mol. The summed E-state index contributed by atoms with van der Waals surface area (Å²) in [5.74, 6) is 0. The summed E-state index contributed by atoms with van der Waals surface area (Å²) in [5.41, 5.74) is 2.41. The molecule has 3 aromatic rings. The van der Waals surface area contributed by atoms with Crippen LogP contribution in [0.15, 0.2) is 46.6 Å². The summed E-state index contributed by atoms with van der Waals surface area (Å²) >= 11 is 1.77. The molecule has 0 spiro atoms. The Labute approximate surface area is 127 Å². The minimum Gasteiger partial charge on any atom is -0.254 e. The minimum absolute atomic E-state index is 0.0881. The van der Waals surface area contributed by atoms with E-state index < -0.39 is 0 Å². The molecule has 0 amide bonds. The summed E-state index contributed by atoms with van der Waals surface area (Å²) in [5, 5.41) is 5.55. The van der Waals surface area contributed by atoms with Crippen LogP contribution in [0.25, 0.3) is 21.8 Å². The molecule has 3 rings (SSSR count). The maximum Gasteiger partial charge on any atom is 0.123 e. The van der Waals surface area contributed by atoms with Crippen molar-refractivity contribution >= 4 is 33.6 Å². The van der Waals surface area contributed by atoms with Crippen molar-refractivity contribution in [2.24, 2.45) is 5.18 Å². The molecule has 0 atom stereocenters. The molecule has 21 heavy (non-hydrogen) atoms. The van der Waals surface area contributed by atoms with Gasteiger partial charge in [0.2, 0.25) is 0 Å². The molecule has 0 saturated heterocycles. The first kappa shape index (κ1) is 13.9. The molecular formula is C16H15N3OS. The van der Waals surface area contributed by atoms with Gasteiger partial charge in [-0.05, 0) is 12.1 Å². The second kappa shape index (κ2) is 5.77. The third-order valence-corrected chi connectivity index (χ3v) is 4.22. The van der Waals surface area contributed by atoms with E-state index in [9.17, 15) is 4.91 Å². The molecule has 2 heterocycles. The van der Waals surface area contributed by atoms with E-state index in [1.54, 1.807) is 18.0 Å². The third kappa shape index (κ3) is 2.74. The van der Waals surface area contributed by atoms with Crippen LogP contribution in [0.2, 0.25) is 0 Å². The third-order valence-electron chi connectivity index (χ3n) is 3.16. The van der Waals surface area contributed by atoms with E-state index >= 15 is 0 Å². The topological polar surface area (TPSA) is 55.2 Å². The maximum atomic E-state index is 10.6. The lowest BCUT2D eigenvalue weighted by atomic mass is 10.1. The number of nitroso groups, excluding NO2 is 1. The zero-order valence-electron chi connectivity index (χ0n) is 11.9. The van der Waals surface area contributed by atoms with Crippen molar-refractivity contribution in [1.82, 2.24) is 9.97 Å². The highest BCUT2D eigenvalue weighted by Gasteiger charge is 2.11. The molecule has 0 aliphatic rings. The Morgan fingerprint density at radius 2 is 2.10 bits per heavy atom. The van der Waals surface area contributed by atoms with Crippen molar-refractivity contribution in [3.05, 3.63) is 47.1 Å². The summed E-state index contributed by atoms with van der Waals surface area (Å²) in [6.07, 6.45) is 1.77. The highest BCUT2D eigenvalue weighted by Crippen LogP contribution is 2.33. The van der Waals surface area contributed by atoms with Crippen LogP contribution in [0, 0.1) is 4.91 Å². The SMILES string of the molecule is CC(C)Sc1cc(CN=O)nc2c1ccc1cccnc12. The van der Waals surface area contributed by atoms with Gasteiger partial charge in [-0.2, -0.15) is 4.91 Å². The van der Waals surface area contributed by atoms with E-state index in [0.29, 0.717) is 10.9 Å². The van der Waals surface area contributed by atoms with Gasteiger partial charge in [0.25, 0.3) is 0 Å². The Morgan fingerprint density at radius 3 is 2.86 bits per heavy atom. The van der Waals surface area contributed by atoms with Gasteiger partial charge in [0.1, 0.15) is 6.54 Å². The summed E-state index contributed by atoms with van der Waals surface area (Å²) in [4.78, 5) is 20.8. The minimum atomic E-state index is 0.0881. The van der Waals surface area contributed by atoms with Crippen molar-refractivity contribution in [2.75, 3.05) is 0 Å². The van der Waals surface area contributed by atoms with Crippen LogP contribution < -0.4 is 0 Å². The van der Waals surface area contributed by atoms with Crippen LogP contribution >= 0.6 is 11.8 Å². The number of aromatic nitrogens is 2. The highest BCUT2D eigenvalue weighted by molar-refractivity contribution is 8.00. The smallest absolute Gasteiger partial charge is 0.123 e. The number of thioether (sulfide) groups is 1. The Morgan fingerprint density at radius 1 is 1.24 bits per heavy atom. The first-order chi connectivity index (χ1) is 10.2. The van der Waals surface area contributed by atoms with Crippen LogP contribution in [0.5, 0.6) is 0 Å². The Balaban J connectivity index is 2.34. The Bertz CT molecular complexity index is 817. The Kier molecular flexibility index (Phi) is 3.84. The molecule has 1 aromatic carbocycles. The molecule has 0 aliphatic carbocycles. The molecule has 4 nitrogen and oxygen atoms in total. The largest absolute Gasteiger partial charge is 0.254 e. The number of benzene rings is 1. The summed E-state index contributed by atoms with van der Waals surface area (Å²) in [6.45, 7) is 4.38. The molecule has 5 heteroatoms. The average Bonchev–Trinajstić information content (AvgIpc) is 2.47. The number of hydrogen-bond donors (Lipinski definition) is 0. The van der Waals surface area contributed by atoms with Crippen molar-refractivity contribution in [1.29, 1.82) is 0 Å². The number of pyridine rings is 2. The predicted octanol–water partition coefficient (Wildman–Crippen LogP) is 4.55. The molecule has 0 aliphatic heterocycles. The number of fused-ring (bicyclic) bond motifs is 3. The van der Waals surface area contributed by atoms with Crippen LogP contribution in [0.1, 0.15) is 19.5 Å². The number of hydrogen-bond acceptors (Lipinski definition) is 5. The second-order valence-electron chi connectivity index (χ2n) is 5.10. The molecule has 0 N–H and O–H groups in total. The second-order valence-corrected chi connectivity index (χ2v) is 6.72. The number of nitrogens with zero attached hydrogens (tertiary/aromatic N) is 3. The lowest BCUT2D eigenvalue weighted by Gasteiger charge is -2.11. The summed E-state index contributed by atoms with van der Waals surface area (Å²) < 4.78 is 0. The van der Waals surface area contributed by atoms with Gasteiger partial charge in [-0.15, -0.1) is 11.8 Å². The average molecular weight is 297 g/mol. The first-order valence-electron chi connectivity index (χ1n) is 6.82. The van der Waals surface area contributed by atoms with Gasteiger partial charge in [0.15, 0.2) is 0 Å². The molecular weight excluding hydrogens is 282 g/mol. The van der Waals surface area contributed by atoms with Crippen molar-refractivity contribution in [2.45, 2.75) is 30.5 Å². The molecule has 2 aromatic heterocycles. The van der Waals surface area contributed by atoms with Gasteiger partial charge in [-0.3, -0.25) is 4.98 Å². The van der Waals surface area contributed by atoms with E-state index in [2.05, 4.69) is 41.1 Å². The normalized spacial score (nSPS) is 11.4. The van der Waals surface area contributed by atoms with Crippen molar-refractivity contribution < 1.29 is 0 Å². The van der Waals surface area contributed by atoms with E-state index in [4.69, 9.17) is 0 Å². The fraction of sp³-hybridized carbons (Fsp3) is 0.250. The highest BCUT2D eigenvalue weighted by atomic mass is 32.2. The summed E-state index contributed by atoms with van der Waals surface area (Å²) in [6, 6.07) is 10.0. The van der Waals surface area contributed by atoms with Gasteiger partial charge in [0.05, 0.1) is 16.7 Å². The fourth-order valence-electron chi connectivity index (χ4n) is 2.35. The monoisotopic (exact) mass is 297 g/mol. The zero-order valence-corrected chi connectivity index (χ0v) is 12.7. The van der Waals surface area contributed by atoms with E-state index in [0.717, 1.165) is 26.7 Å². The lowest BCUT2D eigenvalue weighted by molar-refractivity contribution is 0.986. The van der Waals surface area contributed by atoms with Gasteiger partial charge < -0.3 is 0 Å². The van der Waals surface area contributed by atoms with Crippen LogP contribution in [0.3, 0.4) is 0 Å². The van der Waals surface area contributed by atoms with E-state index in [-0.39, 0.29) is 6.54 Å². The Hall–Kier alpha value is -2.01.